The van der Waals surface area contributed by atoms with Crippen LogP contribution in [-0.4, -0.2) is 26.3 Å². The first-order valence-electron chi connectivity index (χ1n) is 5.94. The van der Waals surface area contributed by atoms with Crippen LogP contribution in [0.2, 0.25) is 0 Å². The highest BCUT2D eigenvalue weighted by Crippen LogP contribution is 2.24. The number of carbonyl (C=O) groups is 1. The Morgan fingerprint density at radius 3 is 1.95 bits per heavy atom. The van der Waals surface area contributed by atoms with E-state index in [0.29, 0.717) is 11.5 Å². The molecule has 0 atom stereocenters. The molecule has 1 aromatic carbocycles. The molecule has 0 fully saturated rings. The van der Waals surface area contributed by atoms with Crippen molar-refractivity contribution in [3.05, 3.63) is 23.8 Å². The van der Waals surface area contributed by atoms with Crippen LogP contribution in [0.15, 0.2) is 18.2 Å². The quantitative estimate of drug-likeness (QED) is 0.558. The van der Waals surface area contributed by atoms with Crippen molar-refractivity contribution in [2.24, 2.45) is 0 Å². The molecule has 20 heavy (non-hydrogen) atoms. The van der Waals surface area contributed by atoms with E-state index in [4.69, 9.17) is 20.0 Å². The highest BCUT2D eigenvalue weighted by molar-refractivity contribution is 5.90. The van der Waals surface area contributed by atoms with E-state index >= 15 is 0 Å². The average molecular weight is 274 g/mol. The summed E-state index contributed by atoms with van der Waals surface area (Å²) in [6.45, 7) is 0.442. The molecule has 6 nitrogen and oxygen atoms in total. The summed E-state index contributed by atoms with van der Waals surface area (Å²) in [4.78, 5) is 11.5. The lowest BCUT2D eigenvalue weighted by molar-refractivity contribution is 0.0599. The predicted octanol–water partition coefficient (Wildman–Crippen LogP) is 2.06. The van der Waals surface area contributed by atoms with E-state index in [2.05, 4.69) is 4.74 Å². The standard InChI is InChI=1S/C14H14N2O4/c1-18-14(17)11-8-12(19-6-2-4-15)10-13(9-11)20-7-3-5-16/h8-10H,2-3,6-7H2,1H3. The zero-order chi connectivity index (χ0) is 14.8. The average Bonchev–Trinajstić information content (AvgIpc) is 2.47. The van der Waals surface area contributed by atoms with Crippen LogP contribution in [0.25, 0.3) is 0 Å². The molecular weight excluding hydrogens is 260 g/mol. The first-order chi connectivity index (χ1) is 9.71. The number of nitrogens with zero attached hydrogens (tertiary/aromatic N) is 2. The van der Waals surface area contributed by atoms with E-state index in [1.54, 1.807) is 6.07 Å². The van der Waals surface area contributed by atoms with Gasteiger partial charge in [0.25, 0.3) is 0 Å². The lowest BCUT2D eigenvalue weighted by Crippen LogP contribution is -2.05. The van der Waals surface area contributed by atoms with E-state index in [-0.39, 0.29) is 31.6 Å². The Morgan fingerprint density at radius 1 is 1.05 bits per heavy atom. The Balaban J connectivity index is 2.87. The summed E-state index contributed by atoms with van der Waals surface area (Å²) < 4.78 is 15.3. The monoisotopic (exact) mass is 274 g/mol. The second-order valence-electron chi connectivity index (χ2n) is 3.70. The molecule has 0 saturated heterocycles. The fourth-order valence-electron chi connectivity index (χ4n) is 1.40. The van der Waals surface area contributed by atoms with E-state index in [1.807, 2.05) is 12.1 Å². The van der Waals surface area contributed by atoms with Gasteiger partial charge >= 0.3 is 5.97 Å². The minimum absolute atomic E-state index is 0.221. The Hall–Kier alpha value is -2.73. The smallest absolute Gasteiger partial charge is 0.338 e. The van der Waals surface area contributed by atoms with Crippen LogP contribution in [0.3, 0.4) is 0 Å². The molecule has 0 bridgehead atoms. The Labute approximate surface area is 117 Å². The summed E-state index contributed by atoms with van der Waals surface area (Å²) in [6, 6.07) is 8.55. The van der Waals surface area contributed by atoms with Crippen LogP contribution in [0.5, 0.6) is 11.5 Å². The van der Waals surface area contributed by atoms with Gasteiger partial charge in [-0.2, -0.15) is 10.5 Å². The molecule has 0 heterocycles. The number of benzene rings is 1. The van der Waals surface area contributed by atoms with Gasteiger partial charge in [0.15, 0.2) is 0 Å². The van der Waals surface area contributed by atoms with E-state index in [9.17, 15) is 4.79 Å². The molecule has 0 aromatic heterocycles. The van der Waals surface area contributed by atoms with Crippen molar-refractivity contribution in [1.29, 1.82) is 10.5 Å². The van der Waals surface area contributed by atoms with Gasteiger partial charge in [-0.15, -0.1) is 0 Å². The Bertz CT molecular complexity index is 505. The van der Waals surface area contributed by atoms with Crippen molar-refractivity contribution in [2.45, 2.75) is 12.8 Å². The van der Waals surface area contributed by atoms with Gasteiger partial charge in [0.2, 0.25) is 0 Å². The third-order valence-corrected chi connectivity index (χ3v) is 2.27. The number of nitriles is 2. The molecule has 0 aliphatic rings. The zero-order valence-corrected chi connectivity index (χ0v) is 11.1. The van der Waals surface area contributed by atoms with Gasteiger partial charge in [0.05, 0.1) is 37.7 Å². The first-order valence-corrected chi connectivity index (χ1v) is 5.94. The molecule has 0 unspecified atom stereocenters. The van der Waals surface area contributed by atoms with Gasteiger partial charge in [-0.05, 0) is 12.1 Å². The molecule has 0 radical (unpaired) electrons. The second kappa shape index (κ2) is 8.39. The van der Waals surface area contributed by atoms with Crippen LogP contribution >= 0.6 is 0 Å². The molecule has 1 aromatic rings. The number of methoxy groups -OCH3 is 1. The third-order valence-electron chi connectivity index (χ3n) is 2.27. The van der Waals surface area contributed by atoms with Crippen molar-refractivity contribution in [1.82, 2.24) is 0 Å². The fourth-order valence-corrected chi connectivity index (χ4v) is 1.40. The van der Waals surface area contributed by atoms with Gasteiger partial charge in [-0.25, -0.2) is 4.79 Å². The molecular formula is C14H14N2O4. The molecule has 0 spiro atoms. The van der Waals surface area contributed by atoms with Crippen molar-refractivity contribution < 1.29 is 19.0 Å². The minimum atomic E-state index is -0.513. The molecule has 0 aliphatic carbocycles. The van der Waals surface area contributed by atoms with Crippen LogP contribution in [0.4, 0.5) is 0 Å². The topological polar surface area (TPSA) is 92.3 Å². The van der Waals surface area contributed by atoms with Gasteiger partial charge in [-0.3, -0.25) is 0 Å². The number of ether oxygens (including phenoxy) is 3. The van der Waals surface area contributed by atoms with Crippen LogP contribution in [0.1, 0.15) is 23.2 Å². The Kier molecular flexibility index (Phi) is 6.43. The van der Waals surface area contributed by atoms with Gasteiger partial charge < -0.3 is 14.2 Å². The highest BCUT2D eigenvalue weighted by atomic mass is 16.5. The lowest BCUT2D eigenvalue weighted by Gasteiger charge is -2.10. The van der Waals surface area contributed by atoms with Gasteiger partial charge in [0.1, 0.15) is 24.7 Å². The molecule has 0 amide bonds. The number of esters is 1. The summed E-state index contributed by atoms with van der Waals surface area (Å²) in [7, 11) is 1.28. The van der Waals surface area contributed by atoms with E-state index in [1.165, 1.54) is 19.2 Å². The summed E-state index contributed by atoms with van der Waals surface area (Å²) in [5.74, 6) is 0.311. The number of rotatable bonds is 7. The summed E-state index contributed by atoms with van der Waals surface area (Å²) in [6.07, 6.45) is 0.486. The van der Waals surface area contributed by atoms with Crippen LogP contribution in [-0.2, 0) is 4.74 Å². The summed E-state index contributed by atoms with van der Waals surface area (Å²) >= 11 is 0. The van der Waals surface area contributed by atoms with Gasteiger partial charge in [-0.1, -0.05) is 0 Å². The molecule has 0 N–H and O–H groups in total. The SMILES string of the molecule is COC(=O)c1cc(OCCC#N)cc(OCCC#N)c1. The lowest BCUT2D eigenvalue weighted by atomic mass is 10.2. The maximum atomic E-state index is 11.5. The highest BCUT2D eigenvalue weighted by Gasteiger charge is 2.10. The van der Waals surface area contributed by atoms with Crippen LogP contribution in [0, 0.1) is 22.7 Å². The van der Waals surface area contributed by atoms with Crippen LogP contribution < -0.4 is 9.47 Å². The second-order valence-corrected chi connectivity index (χ2v) is 3.70. The van der Waals surface area contributed by atoms with E-state index in [0.717, 1.165) is 0 Å². The predicted molar refractivity (Wildman–Crippen MR) is 69.2 cm³/mol. The van der Waals surface area contributed by atoms with Crippen molar-refractivity contribution in [3.8, 4) is 23.6 Å². The molecule has 1 rings (SSSR count). The van der Waals surface area contributed by atoms with Gasteiger partial charge in [0, 0.05) is 6.07 Å². The van der Waals surface area contributed by atoms with Crippen molar-refractivity contribution >= 4 is 5.97 Å². The fraction of sp³-hybridized carbons (Fsp3) is 0.357. The number of carbonyl (C=O) groups excluding carboxylic acids is 1. The maximum Gasteiger partial charge on any atom is 0.338 e. The molecule has 104 valence electrons. The van der Waals surface area contributed by atoms with E-state index < -0.39 is 5.97 Å². The molecule has 0 aliphatic heterocycles. The summed E-state index contributed by atoms with van der Waals surface area (Å²) in [5, 5.41) is 16.9. The molecule has 0 saturated carbocycles. The summed E-state index contributed by atoms with van der Waals surface area (Å²) in [5.41, 5.74) is 0.286. The van der Waals surface area contributed by atoms with Crippen molar-refractivity contribution in [2.75, 3.05) is 20.3 Å². The first kappa shape index (κ1) is 15.3. The zero-order valence-electron chi connectivity index (χ0n) is 11.1. The normalized spacial score (nSPS) is 9.15. The Morgan fingerprint density at radius 2 is 1.55 bits per heavy atom. The maximum absolute atomic E-state index is 11.5. The van der Waals surface area contributed by atoms with Crippen molar-refractivity contribution in [3.63, 3.8) is 0 Å². The third kappa shape index (κ3) is 4.87. The minimum Gasteiger partial charge on any atom is -0.492 e. The number of hydrogen-bond donors (Lipinski definition) is 0. The largest absolute Gasteiger partial charge is 0.492 e. The number of hydrogen-bond acceptors (Lipinski definition) is 6. The molecule has 6 heteroatoms.